The Hall–Kier alpha value is -1.32. The summed E-state index contributed by atoms with van der Waals surface area (Å²) in [5.41, 5.74) is 2.47. The van der Waals surface area contributed by atoms with Crippen LogP contribution < -0.4 is 4.74 Å². The molecule has 0 amide bonds. The maximum absolute atomic E-state index is 10.3. The van der Waals surface area contributed by atoms with E-state index < -0.39 is 6.10 Å². The van der Waals surface area contributed by atoms with E-state index in [0.29, 0.717) is 12.3 Å². The van der Waals surface area contributed by atoms with Crippen LogP contribution in [0.15, 0.2) is 35.7 Å². The topological polar surface area (TPSA) is 29.5 Å². The fourth-order valence-corrected chi connectivity index (χ4v) is 2.92. The molecule has 102 valence electrons. The molecule has 2 nitrogen and oxygen atoms in total. The largest absolute Gasteiger partial charge is 0.495 e. The van der Waals surface area contributed by atoms with E-state index in [0.717, 1.165) is 16.2 Å². The monoisotopic (exact) mass is 276 g/mol. The minimum absolute atomic E-state index is 0.500. The number of hydrogen-bond donors (Lipinski definition) is 1. The molecule has 1 N–H and O–H groups in total. The van der Waals surface area contributed by atoms with Crippen molar-refractivity contribution in [2.24, 2.45) is 0 Å². The minimum atomic E-state index is -0.500. The number of thiophene rings is 1. The zero-order chi connectivity index (χ0) is 13.8. The number of rotatable bonds is 5. The first-order chi connectivity index (χ1) is 9.11. The van der Waals surface area contributed by atoms with Crippen molar-refractivity contribution in [3.8, 4) is 5.75 Å². The average Bonchev–Trinajstić information content (AvgIpc) is 2.87. The molecule has 0 saturated heterocycles. The van der Waals surface area contributed by atoms with Gasteiger partial charge in [-0.1, -0.05) is 38.1 Å². The number of ether oxygens (including phenoxy) is 1. The Morgan fingerprint density at radius 1 is 1.16 bits per heavy atom. The SMILES string of the molecule is COc1ccsc1C(O)Cc1ccc(C(C)C)cc1. The highest BCUT2D eigenvalue weighted by atomic mass is 32.1. The second-order valence-corrected chi connectivity index (χ2v) is 5.92. The normalized spacial score (nSPS) is 12.7. The predicted octanol–water partition coefficient (Wildman–Crippen LogP) is 4.16. The molecule has 0 bridgehead atoms. The number of aliphatic hydroxyl groups is 1. The van der Waals surface area contributed by atoms with Gasteiger partial charge in [-0.05, 0) is 28.5 Å². The molecule has 1 unspecified atom stereocenters. The van der Waals surface area contributed by atoms with Gasteiger partial charge < -0.3 is 9.84 Å². The van der Waals surface area contributed by atoms with Gasteiger partial charge in [-0.2, -0.15) is 0 Å². The van der Waals surface area contributed by atoms with Crippen molar-refractivity contribution < 1.29 is 9.84 Å². The molecule has 0 radical (unpaired) electrons. The zero-order valence-corrected chi connectivity index (χ0v) is 12.4. The van der Waals surface area contributed by atoms with Gasteiger partial charge in [0, 0.05) is 6.42 Å². The summed E-state index contributed by atoms with van der Waals surface area (Å²) in [6.07, 6.45) is 0.120. The Morgan fingerprint density at radius 2 is 1.84 bits per heavy atom. The van der Waals surface area contributed by atoms with Crippen molar-refractivity contribution in [1.29, 1.82) is 0 Å². The van der Waals surface area contributed by atoms with Gasteiger partial charge in [-0.3, -0.25) is 0 Å². The van der Waals surface area contributed by atoms with E-state index in [1.165, 1.54) is 16.9 Å². The first-order valence-corrected chi connectivity index (χ1v) is 7.38. The highest BCUT2D eigenvalue weighted by Crippen LogP contribution is 2.32. The molecular formula is C16H20O2S. The van der Waals surface area contributed by atoms with Crippen LogP contribution in [0.3, 0.4) is 0 Å². The van der Waals surface area contributed by atoms with Crippen LogP contribution in [0.4, 0.5) is 0 Å². The summed E-state index contributed by atoms with van der Waals surface area (Å²) in [6, 6.07) is 10.4. The molecule has 0 saturated carbocycles. The molecule has 1 aromatic heterocycles. The molecule has 1 heterocycles. The fourth-order valence-electron chi connectivity index (χ4n) is 2.08. The smallest absolute Gasteiger partial charge is 0.135 e. The van der Waals surface area contributed by atoms with Gasteiger partial charge in [-0.25, -0.2) is 0 Å². The summed E-state index contributed by atoms with van der Waals surface area (Å²) in [4.78, 5) is 0.899. The van der Waals surface area contributed by atoms with Crippen molar-refractivity contribution in [3.05, 3.63) is 51.7 Å². The maximum atomic E-state index is 10.3. The molecule has 1 aromatic carbocycles. The summed E-state index contributed by atoms with van der Waals surface area (Å²) in [7, 11) is 1.63. The lowest BCUT2D eigenvalue weighted by molar-refractivity contribution is 0.178. The van der Waals surface area contributed by atoms with Crippen LogP contribution in [0.2, 0.25) is 0 Å². The number of methoxy groups -OCH3 is 1. The van der Waals surface area contributed by atoms with Crippen LogP contribution in [-0.4, -0.2) is 12.2 Å². The van der Waals surface area contributed by atoms with E-state index in [1.54, 1.807) is 7.11 Å². The highest BCUT2D eigenvalue weighted by Gasteiger charge is 2.15. The lowest BCUT2D eigenvalue weighted by atomic mass is 9.99. The van der Waals surface area contributed by atoms with E-state index in [2.05, 4.69) is 38.1 Å². The number of benzene rings is 1. The van der Waals surface area contributed by atoms with E-state index in [9.17, 15) is 5.11 Å². The third-order valence-electron chi connectivity index (χ3n) is 3.26. The molecular weight excluding hydrogens is 256 g/mol. The van der Waals surface area contributed by atoms with Crippen molar-refractivity contribution in [2.75, 3.05) is 7.11 Å². The summed E-state index contributed by atoms with van der Waals surface area (Å²) in [6.45, 7) is 4.36. The van der Waals surface area contributed by atoms with E-state index >= 15 is 0 Å². The minimum Gasteiger partial charge on any atom is -0.495 e. The Balaban J connectivity index is 2.08. The van der Waals surface area contributed by atoms with Gasteiger partial charge >= 0.3 is 0 Å². The van der Waals surface area contributed by atoms with Crippen molar-refractivity contribution in [3.63, 3.8) is 0 Å². The van der Waals surface area contributed by atoms with Gasteiger partial charge in [0.2, 0.25) is 0 Å². The van der Waals surface area contributed by atoms with Gasteiger partial charge in [0.25, 0.3) is 0 Å². The van der Waals surface area contributed by atoms with Gasteiger partial charge in [-0.15, -0.1) is 11.3 Å². The van der Waals surface area contributed by atoms with Crippen molar-refractivity contribution >= 4 is 11.3 Å². The van der Waals surface area contributed by atoms with Crippen LogP contribution in [-0.2, 0) is 6.42 Å². The summed E-state index contributed by atoms with van der Waals surface area (Å²) in [5, 5.41) is 12.2. The van der Waals surface area contributed by atoms with Crippen LogP contribution in [0.5, 0.6) is 5.75 Å². The summed E-state index contributed by atoms with van der Waals surface area (Å²) >= 11 is 1.53. The third kappa shape index (κ3) is 3.37. The summed E-state index contributed by atoms with van der Waals surface area (Å²) < 4.78 is 5.25. The molecule has 0 aliphatic carbocycles. The van der Waals surface area contributed by atoms with Crippen molar-refractivity contribution in [2.45, 2.75) is 32.3 Å². The van der Waals surface area contributed by atoms with Gasteiger partial charge in [0.1, 0.15) is 5.75 Å². The molecule has 19 heavy (non-hydrogen) atoms. The van der Waals surface area contributed by atoms with E-state index in [-0.39, 0.29) is 0 Å². The Labute approximate surface area is 118 Å². The van der Waals surface area contributed by atoms with E-state index in [4.69, 9.17) is 4.74 Å². The summed E-state index contributed by atoms with van der Waals surface area (Å²) in [5.74, 6) is 1.31. The first-order valence-electron chi connectivity index (χ1n) is 6.50. The number of hydrogen-bond acceptors (Lipinski definition) is 3. The molecule has 2 aromatic rings. The second kappa shape index (κ2) is 6.22. The van der Waals surface area contributed by atoms with Crippen LogP contribution in [0, 0.1) is 0 Å². The molecule has 0 spiro atoms. The Bertz CT molecular complexity index is 514. The molecule has 0 fully saturated rings. The van der Waals surface area contributed by atoms with Crippen molar-refractivity contribution in [1.82, 2.24) is 0 Å². The quantitative estimate of drug-likeness (QED) is 0.888. The van der Waals surface area contributed by atoms with Gasteiger partial charge in [0.05, 0.1) is 18.1 Å². The third-order valence-corrected chi connectivity index (χ3v) is 4.25. The first kappa shape index (κ1) is 14.1. The highest BCUT2D eigenvalue weighted by molar-refractivity contribution is 7.10. The van der Waals surface area contributed by atoms with E-state index in [1.807, 2.05) is 11.4 Å². The number of aliphatic hydroxyl groups excluding tert-OH is 1. The van der Waals surface area contributed by atoms with Crippen LogP contribution >= 0.6 is 11.3 Å². The molecule has 2 rings (SSSR count). The molecule has 0 aliphatic rings. The Morgan fingerprint density at radius 3 is 2.42 bits per heavy atom. The van der Waals surface area contributed by atoms with Gasteiger partial charge in [0.15, 0.2) is 0 Å². The van der Waals surface area contributed by atoms with Crippen LogP contribution in [0.25, 0.3) is 0 Å². The lowest BCUT2D eigenvalue weighted by Gasteiger charge is -2.12. The molecule has 1 atom stereocenters. The zero-order valence-electron chi connectivity index (χ0n) is 11.6. The lowest BCUT2D eigenvalue weighted by Crippen LogP contribution is -2.01. The standard InChI is InChI=1S/C16H20O2S/c1-11(2)13-6-4-12(5-7-13)10-14(17)16-15(18-3)8-9-19-16/h4-9,11,14,17H,10H2,1-3H3. The second-order valence-electron chi connectivity index (χ2n) is 4.97. The van der Waals surface area contributed by atoms with Crippen LogP contribution in [0.1, 0.15) is 41.9 Å². The molecule has 0 aliphatic heterocycles. The fraction of sp³-hybridized carbons (Fsp3) is 0.375. The molecule has 3 heteroatoms. The average molecular weight is 276 g/mol. The maximum Gasteiger partial charge on any atom is 0.135 e. The Kier molecular flexibility index (Phi) is 4.61. The predicted molar refractivity (Wildman–Crippen MR) is 80.1 cm³/mol.